The zero-order chi connectivity index (χ0) is 8.69. The number of amides is 1. The Bertz CT molecular complexity index is 130. The molecule has 0 spiro atoms. The molecule has 0 fully saturated rings. The Morgan fingerprint density at radius 1 is 1.82 bits per heavy atom. The molecule has 1 atom stereocenters. The van der Waals surface area contributed by atoms with Gasteiger partial charge in [-0.3, -0.25) is 4.79 Å². The van der Waals surface area contributed by atoms with Gasteiger partial charge in [0, 0.05) is 6.42 Å². The van der Waals surface area contributed by atoms with Crippen LogP contribution in [0.25, 0.3) is 0 Å². The summed E-state index contributed by atoms with van der Waals surface area (Å²) >= 11 is 0. The van der Waals surface area contributed by atoms with Crippen molar-refractivity contribution < 1.29 is 9.90 Å². The number of aliphatic hydroxyl groups excluding tert-OH is 1. The van der Waals surface area contributed by atoms with Gasteiger partial charge >= 0.3 is 0 Å². The number of hydrogen-bond donors (Lipinski definition) is 2. The van der Waals surface area contributed by atoms with Gasteiger partial charge in [0.2, 0.25) is 5.91 Å². The molecule has 0 saturated carbocycles. The summed E-state index contributed by atoms with van der Waals surface area (Å²) in [6, 6.07) is -0.109. The number of rotatable bonds is 5. The van der Waals surface area contributed by atoms with Crippen molar-refractivity contribution >= 4 is 5.91 Å². The van der Waals surface area contributed by atoms with Gasteiger partial charge in [-0.15, -0.1) is 6.58 Å². The third kappa shape index (κ3) is 4.56. The number of aliphatic hydroxyl groups is 1. The Morgan fingerprint density at radius 2 is 2.45 bits per heavy atom. The van der Waals surface area contributed by atoms with Gasteiger partial charge in [-0.2, -0.15) is 0 Å². The molecule has 0 radical (unpaired) electrons. The molecule has 3 nitrogen and oxygen atoms in total. The van der Waals surface area contributed by atoms with Crippen LogP contribution in [0.5, 0.6) is 0 Å². The lowest BCUT2D eigenvalue weighted by molar-refractivity contribution is -0.121. The molecule has 0 aromatic carbocycles. The van der Waals surface area contributed by atoms with Crippen LogP contribution in [-0.4, -0.2) is 23.7 Å². The summed E-state index contributed by atoms with van der Waals surface area (Å²) in [7, 11) is 0. The Labute approximate surface area is 67.1 Å². The molecule has 0 heterocycles. The van der Waals surface area contributed by atoms with E-state index in [9.17, 15) is 4.79 Å². The maximum absolute atomic E-state index is 10.9. The molecule has 0 saturated heterocycles. The summed E-state index contributed by atoms with van der Waals surface area (Å²) in [5.41, 5.74) is 0. The summed E-state index contributed by atoms with van der Waals surface area (Å²) < 4.78 is 0. The van der Waals surface area contributed by atoms with Crippen LogP contribution in [0.4, 0.5) is 0 Å². The number of carbonyl (C=O) groups is 1. The molecule has 1 amide bonds. The highest BCUT2D eigenvalue weighted by molar-refractivity contribution is 5.77. The minimum atomic E-state index is -0.109. The van der Waals surface area contributed by atoms with E-state index in [0.29, 0.717) is 6.42 Å². The van der Waals surface area contributed by atoms with Crippen LogP contribution in [0.3, 0.4) is 0 Å². The Balaban J connectivity index is 3.62. The van der Waals surface area contributed by atoms with Gasteiger partial charge in [0.15, 0.2) is 0 Å². The monoisotopic (exact) mass is 157 g/mol. The molecule has 64 valence electrons. The van der Waals surface area contributed by atoms with E-state index in [-0.39, 0.29) is 18.6 Å². The van der Waals surface area contributed by atoms with Crippen LogP contribution < -0.4 is 5.32 Å². The van der Waals surface area contributed by atoms with Crippen molar-refractivity contribution in [2.45, 2.75) is 25.8 Å². The average Bonchev–Trinajstić information content (AvgIpc) is 2.01. The fourth-order valence-electron chi connectivity index (χ4n) is 0.694. The largest absolute Gasteiger partial charge is 0.394 e. The second-order valence-electron chi connectivity index (χ2n) is 2.35. The topological polar surface area (TPSA) is 49.3 Å². The molecule has 0 bridgehead atoms. The van der Waals surface area contributed by atoms with Crippen molar-refractivity contribution in [2.24, 2.45) is 0 Å². The van der Waals surface area contributed by atoms with Crippen molar-refractivity contribution in [1.82, 2.24) is 5.32 Å². The van der Waals surface area contributed by atoms with Gasteiger partial charge in [-0.1, -0.05) is 13.0 Å². The van der Waals surface area contributed by atoms with Gasteiger partial charge in [0.1, 0.15) is 0 Å². The van der Waals surface area contributed by atoms with E-state index in [2.05, 4.69) is 11.9 Å². The second-order valence-corrected chi connectivity index (χ2v) is 2.35. The SMILES string of the molecule is C=CCC(=O)N[C@H](CC)CO. The first kappa shape index (κ1) is 10.2. The lowest BCUT2D eigenvalue weighted by atomic mass is 10.2. The number of carbonyl (C=O) groups excluding carboxylic acids is 1. The van der Waals surface area contributed by atoms with Crippen LogP contribution in [0.1, 0.15) is 19.8 Å². The molecule has 11 heavy (non-hydrogen) atoms. The van der Waals surface area contributed by atoms with E-state index in [4.69, 9.17) is 5.11 Å². The van der Waals surface area contributed by atoms with E-state index in [0.717, 1.165) is 6.42 Å². The third-order valence-corrected chi connectivity index (χ3v) is 1.41. The molecule has 2 N–H and O–H groups in total. The second kappa shape index (κ2) is 5.92. The molecule has 0 aliphatic heterocycles. The zero-order valence-corrected chi connectivity index (χ0v) is 6.84. The summed E-state index contributed by atoms with van der Waals surface area (Å²) in [6.45, 7) is 5.35. The standard InChI is InChI=1S/C8H15NO2/c1-3-5-8(11)9-7(4-2)6-10/h3,7,10H,1,4-6H2,2H3,(H,9,11)/t7-/m1/s1. The lowest BCUT2D eigenvalue weighted by Crippen LogP contribution is -2.36. The van der Waals surface area contributed by atoms with E-state index in [1.54, 1.807) is 6.08 Å². The summed E-state index contributed by atoms with van der Waals surface area (Å²) in [6.07, 6.45) is 2.61. The highest BCUT2D eigenvalue weighted by Gasteiger charge is 2.06. The van der Waals surface area contributed by atoms with Crippen molar-refractivity contribution in [2.75, 3.05) is 6.61 Å². The maximum atomic E-state index is 10.9. The lowest BCUT2D eigenvalue weighted by Gasteiger charge is -2.12. The van der Waals surface area contributed by atoms with Crippen LogP contribution >= 0.6 is 0 Å². The summed E-state index contributed by atoms with van der Waals surface area (Å²) in [5, 5.41) is 11.4. The molecule has 0 aromatic rings. The minimum absolute atomic E-state index is 0.000612. The van der Waals surface area contributed by atoms with Crippen molar-refractivity contribution in [1.29, 1.82) is 0 Å². The van der Waals surface area contributed by atoms with Crippen LogP contribution in [0.15, 0.2) is 12.7 Å². The first-order chi connectivity index (χ1) is 5.24. The highest BCUT2D eigenvalue weighted by Crippen LogP contribution is 1.90. The fraction of sp³-hybridized carbons (Fsp3) is 0.625. The molecule has 0 aliphatic carbocycles. The molecule has 0 rings (SSSR count). The van der Waals surface area contributed by atoms with Crippen molar-refractivity contribution in [3.63, 3.8) is 0 Å². The van der Waals surface area contributed by atoms with E-state index < -0.39 is 0 Å². The molecule has 3 heteroatoms. The normalized spacial score (nSPS) is 12.2. The van der Waals surface area contributed by atoms with Crippen molar-refractivity contribution in [3.8, 4) is 0 Å². The van der Waals surface area contributed by atoms with E-state index >= 15 is 0 Å². The van der Waals surface area contributed by atoms with E-state index in [1.807, 2.05) is 6.92 Å². The van der Waals surface area contributed by atoms with Gasteiger partial charge in [0.05, 0.1) is 12.6 Å². The van der Waals surface area contributed by atoms with Crippen LogP contribution in [-0.2, 0) is 4.79 Å². The molecule has 0 aliphatic rings. The molecule has 0 unspecified atom stereocenters. The number of nitrogens with one attached hydrogen (secondary N) is 1. The highest BCUT2D eigenvalue weighted by atomic mass is 16.3. The zero-order valence-electron chi connectivity index (χ0n) is 6.84. The van der Waals surface area contributed by atoms with Crippen LogP contribution in [0.2, 0.25) is 0 Å². The van der Waals surface area contributed by atoms with Gasteiger partial charge in [-0.25, -0.2) is 0 Å². The van der Waals surface area contributed by atoms with Gasteiger partial charge in [-0.05, 0) is 6.42 Å². The van der Waals surface area contributed by atoms with E-state index in [1.165, 1.54) is 0 Å². The average molecular weight is 157 g/mol. The van der Waals surface area contributed by atoms with Gasteiger partial charge < -0.3 is 10.4 Å². The number of hydrogen-bond acceptors (Lipinski definition) is 2. The summed E-state index contributed by atoms with van der Waals surface area (Å²) in [5.74, 6) is -0.0825. The fourth-order valence-corrected chi connectivity index (χ4v) is 0.694. The Hall–Kier alpha value is -0.830. The smallest absolute Gasteiger partial charge is 0.224 e. The predicted octanol–water partition coefficient (Wildman–Crippen LogP) is 0.450. The summed E-state index contributed by atoms with van der Waals surface area (Å²) in [4.78, 5) is 10.9. The Kier molecular flexibility index (Phi) is 5.47. The first-order valence-electron chi connectivity index (χ1n) is 3.75. The third-order valence-electron chi connectivity index (χ3n) is 1.41. The molecular weight excluding hydrogens is 142 g/mol. The molecular formula is C8H15NO2. The molecule has 0 aromatic heterocycles. The first-order valence-corrected chi connectivity index (χ1v) is 3.75. The van der Waals surface area contributed by atoms with Crippen LogP contribution in [0, 0.1) is 0 Å². The maximum Gasteiger partial charge on any atom is 0.224 e. The minimum Gasteiger partial charge on any atom is -0.394 e. The van der Waals surface area contributed by atoms with Gasteiger partial charge in [0.25, 0.3) is 0 Å². The quantitative estimate of drug-likeness (QED) is 0.569. The Morgan fingerprint density at radius 3 is 2.82 bits per heavy atom. The van der Waals surface area contributed by atoms with Crippen molar-refractivity contribution in [3.05, 3.63) is 12.7 Å². The predicted molar refractivity (Wildman–Crippen MR) is 44.1 cm³/mol.